The number of aromatic nitrogens is 3. The van der Waals surface area contributed by atoms with E-state index >= 15 is 0 Å². The Labute approximate surface area is 125 Å². The van der Waals surface area contributed by atoms with E-state index in [0.29, 0.717) is 5.56 Å². The third kappa shape index (κ3) is 3.46. The van der Waals surface area contributed by atoms with Crippen molar-refractivity contribution in [2.24, 2.45) is 5.92 Å². The summed E-state index contributed by atoms with van der Waals surface area (Å²) in [5.74, 6) is -3.47. The maximum absolute atomic E-state index is 14.2. The minimum absolute atomic E-state index is 0.0362. The van der Waals surface area contributed by atoms with Crippen molar-refractivity contribution in [1.82, 2.24) is 15.2 Å². The van der Waals surface area contributed by atoms with Crippen LogP contribution in [0.5, 0.6) is 0 Å². The molecule has 22 heavy (non-hydrogen) atoms. The fraction of sp³-hybridized carbons (Fsp3) is 0.286. The van der Waals surface area contributed by atoms with Crippen molar-refractivity contribution >= 4 is 17.7 Å². The van der Waals surface area contributed by atoms with Crippen LogP contribution in [0.25, 0.3) is 11.3 Å². The summed E-state index contributed by atoms with van der Waals surface area (Å²) in [5.41, 5.74) is 1.30. The molecular weight excluding hydrogens is 291 g/mol. The number of nitrogens with one attached hydrogen (secondary N) is 2. The van der Waals surface area contributed by atoms with Crippen molar-refractivity contribution < 1.29 is 19.1 Å². The first kappa shape index (κ1) is 15.6. The van der Waals surface area contributed by atoms with E-state index in [1.807, 2.05) is 0 Å². The molecule has 0 aliphatic heterocycles. The maximum Gasteiger partial charge on any atom is 0.306 e. The molecule has 2 aromatic heterocycles. The summed E-state index contributed by atoms with van der Waals surface area (Å²) in [4.78, 5) is 26.4. The first-order chi connectivity index (χ1) is 10.4. The van der Waals surface area contributed by atoms with Gasteiger partial charge in [0.1, 0.15) is 5.69 Å². The molecule has 2 heterocycles. The lowest BCUT2D eigenvalue weighted by atomic mass is 10.1. The van der Waals surface area contributed by atoms with Gasteiger partial charge in [-0.2, -0.15) is 5.10 Å². The van der Waals surface area contributed by atoms with Gasteiger partial charge in [-0.3, -0.25) is 19.7 Å². The first-order valence-electron chi connectivity index (χ1n) is 6.58. The van der Waals surface area contributed by atoms with Crippen LogP contribution >= 0.6 is 0 Å². The molecule has 1 unspecified atom stereocenters. The van der Waals surface area contributed by atoms with E-state index in [9.17, 15) is 14.0 Å². The van der Waals surface area contributed by atoms with Crippen molar-refractivity contribution in [3.63, 3.8) is 0 Å². The number of rotatable bonds is 5. The van der Waals surface area contributed by atoms with Gasteiger partial charge in [0.2, 0.25) is 5.91 Å². The Morgan fingerprint density at radius 1 is 1.45 bits per heavy atom. The van der Waals surface area contributed by atoms with Crippen LogP contribution in [-0.2, 0) is 9.59 Å². The van der Waals surface area contributed by atoms with Gasteiger partial charge in [-0.25, -0.2) is 4.39 Å². The lowest BCUT2D eigenvalue weighted by Gasteiger charge is -2.06. The Kier molecular flexibility index (Phi) is 4.50. The molecular formula is C14H15FN4O3. The minimum atomic E-state index is -1.09. The average molecular weight is 306 g/mol. The number of pyridine rings is 1. The van der Waals surface area contributed by atoms with Crippen molar-refractivity contribution in [1.29, 1.82) is 0 Å². The molecule has 0 aromatic carbocycles. The van der Waals surface area contributed by atoms with Crippen LogP contribution in [0.2, 0.25) is 0 Å². The normalized spacial score (nSPS) is 12.0. The zero-order valence-electron chi connectivity index (χ0n) is 12.1. The van der Waals surface area contributed by atoms with Crippen LogP contribution in [0, 0.1) is 18.7 Å². The van der Waals surface area contributed by atoms with Gasteiger partial charge in [0.05, 0.1) is 5.92 Å². The molecule has 0 spiro atoms. The molecule has 0 aliphatic carbocycles. The summed E-state index contributed by atoms with van der Waals surface area (Å²) in [5, 5.41) is 17.2. The van der Waals surface area contributed by atoms with Gasteiger partial charge in [-0.1, -0.05) is 6.92 Å². The van der Waals surface area contributed by atoms with Crippen LogP contribution in [0.4, 0.5) is 10.2 Å². The van der Waals surface area contributed by atoms with Gasteiger partial charge in [0, 0.05) is 23.9 Å². The molecule has 7 nitrogen and oxygen atoms in total. The van der Waals surface area contributed by atoms with Crippen LogP contribution in [0.15, 0.2) is 18.3 Å². The highest BCUT2D eigenvalue weighted by Crippen LogP contribution is 2.24. The highest BCUT2D eigenvalue weighted by molar-refractivity contribution is 5.92. The molecule has 1 atom stereocenters. The predicted octanol–water partition coefficient (Wildman–Crippen LogP) is 1.97. The third-order valence-electron chi connectivity index (χ3n) is 3.07. The van der Waals surface area contributed by atoms with E-state index in [1.54, 1.807) is 19.1 Å². The molecule has 0 aliphatic rings. The van der Waals surface area contributed by atoms with E-state index in [1.165, 1.54) is 13.1 Å². The van der Waals surface area contributed by atoms with Gasteiger partial charge >= 0.3 is 5.97 Å². The molecule has 2 rings (SSSR count). The summed E-state index contributed by atoms with van der Waals surface area (Å²) in [6.45, 7) is 3.20. The summed E-state index contributed by atoms with van der Waals surface area (Å²) in [6.07, 6.45) is 1.22. The zero-order valence-corrected chi connectivity index (χ0v) is 12.1. The number of halogens is 1. The van der Waals surface area contributed by atoms with Gasteiger partial charge in [-0.05, 0) is 19.1 Å². The number of carbonyl (C=O) groups excluding carboxylic acids is 1. The van der Waals surface area contributed by atoms with Gasteiger partial charge in [-0.15, -0.1) is 0 Å². The number of H-pyrrole nitrogens is 1. The summed E-state index contributed by atoms with van der Waals surface area (Å²) < 4.78 is 14.2. The SMILES string of the molecule is Cc1ccc(-c2n[nH]c(NC(=O)CC(C)C(=O)O)c2F)cn1. The number of aryl methyl sites for hydroxylation is 1. The number of hydrogen-bond acceptors (Lipinski definition) is 4. The molecule has 1 amide bonds. The number of carbonyl (C=O) groups is 2. The molecule has 0 bridgehead atoms. The first-order valence-corrected chi connectivity index (χ1v) is 6.58. The van der Waals surface area contributed by atoms with E-state index in [4.69, 9.17) is 5.11 Å². The molecule has 0 saturated carbocycles. The number of aliphatic carboxylic acids is 1. The lowest BCUT2D eigenvalue weighted by Crippen LogP contribution is -2.20. The quantitative estimate of drug-likeness (QED) is 0.782. The second-order valence-electron chi connectivity index (χ2n) is 4.94. The Balaban J connectivity index is 2.12. The second-order valence-corrected chi connectivity index (χ2v) is 4.94. The van der Waals surface area contributed by atoms with Crippen LogP contribution in [-0.4, -0.2) is 32.2 Å². The van der Waals surface area contributed by atoms with Crippen molar-refractivity contribution in [3.05, 3.63) is 29.8 Å². The molecule has 8 heteroatoms. The summed E-state index contributed by atoms with van der Waals surface area (Å²) >= 11 is 0. The second kappa shape index (κ2) is 6.33. The molecule has 0 radical (unpaired) electrons. The number of aromatic amines is 1. The molecule has 2 aromatic rings. The Bertz CT molecular complexity index is 697. The van der Waals surface area contributed by atoms with Gasteiger partial charge < -0.3 is 10.4 Å². The average Bonchev–Trinajstić information content (AvgIpc) is 2.81. The highest BCUT2D eigenvalue weighted by atomic mass is 19.1. The zero-order chi connectivity index (χ0) is 16.3. The number of carboxylic acids is 1. The molecule has 116 valence electrons. The van der Waals surface area contributed by atoms with Gasteiger partial charge in [0.15, 0.2) is 11.6 Å². The number of hydrogen-bond donors (Lipinski definition) is 3. The van der Waals surface area contributed by atoms with Crippen molar-refractivity contribution in [2.75, 3.05) is 5.32 Å². The molecule has 3 N–H and O–H groups in total. The number of anilines is 1. The van der Waals surface area contributed by atoms with Crippen LogP contribution in [0.1, 0.15) is 19.0 Å². The van der Waals surface area contributed by atoms with E-state index < -0.39 is 23.6 Å². The number of amides is 1. The van der Waals surface area contributed by atoms with Crippen LogP contribution in [0.3, 0.4) is 0 Å². The minimum Gasteiger partial charge on any atom is -0.481 e. The third-order valence-corrected chi connectivity index (χ3v) is 3.07. The molecule has 0 fully saturated rings. The molecule has 0 saturated heterocycles. The van der Waals surface area contributed by atoms with E-state index in [2.05, 4.69) is 20.5 Å². The van der Waals surface area contributed by atoms with Crippen molar-refractivity contribution in [2.45, 2.75) is 20.3 Å². The fourth-order valence-corrected chi connectivity index (χ4v) is 1.77. The summed E-state index contributed by atoms with van der Waals surface area (Å²) in [6, 6.07) is 3.38. The Morgan fingerprint density at radius 3 is 2.77 bits per heavy atom. The van der Waals surface area contributed by atoms with E-state index in [-0.39, 0.29) is 17.9 Å². The Hall–Kier alpha value is -2.77. The largest absolute Gasteiger partial charge is 0.481 e. The Morgan fingerprint density at radius 2 is 2.18 bits per heavy atom. The fourth-order valence-electron chi connectivity index (χ4n) is 1.77. The van der Waals surface area contributed by atoms with Crippen molar-refractivity contribution in [3.8, 4) is 11.3 Å². The van der Waals surface area contributed by atoms with Gasteiger partial charge in [0.25, 0.3) is 0 Å². The standard InChI is InChI=1S/C14H15FN4O3/c1-7(14(21)22)5-10(20)17-13-11(15)12(18-19-13)9-4-3-8(2)16-6-9/h3-4,6-7H,5H2,1-2H3,(H,21,22)(H2,17,18,19,20). The topological polar surface area (TPSA) is 108 Å². The predicted molar refractivity (Wildman–Crippen MR) is 76.6 cm³/mol. The van der Waals surface area contributed by atoms with E-state index in [0.717, 1.165) is 5.69 Å². The summed E-state index contributed by atoms with van der Waals surface area (Å²) in [7, 11) is 0. The number of nitrogens with zero attached hydrogens (tertiary/aromatic N) is 2. The monoisotopic (exact) mass is 306 g/mol. The number of carboxylic acid groups (broad SMARTS) is 1. The highest BCUT2D eigenvalue weighted by Gasteiger charge is 2.20. The smallest absolute Gasteiger partial charge is 0.306 e. The van der Waals surface area contributed by atoms with Crippen LogP contribution < -0.4 is 5.32 Å². The maximum atomic E-state index is 14.2. The lowest BCUT2D eigenvalue weighted by molar-refractivity contribution is -0.142.